The van der Waals surface area contributed by atoms with E-state index in [1.54, 1.807) is 6.92 Å². The van der Waals surface area contributed by atoms with Gasteiger partial charge in [0, 0.05) is 6.54 Å². The van der Waals surface area contributed by atoms with Crippen molar-refractivity contribution in [3.05, 3.63) is 27.4 Å². The summed E-state index contributed by atoms with van der Waals surface area (Å²) in [6.45, 7) is 4.84. The van der Waals surface area contributed by atoms with Crippen LogP contribution in [0.25, 0.3) is 0 Å². The maximum absolute atomic E-state index is 12.4. The van der Waals surface area contributed by atoms with Crippen LogP contribution in [0.15, 0.2) is 23.6 Å². The Morgan fingerprint density at radius 2 is 2.20 bits per heavy atom. The van der Waals surface area contributed by atoms with Crippen molar-refractivity contribution in [1.82, 2.24) is 4.31 Å². The quantitative estimate of drug-likeness (QED) is 0.555. The molecule has 112 valence electrons. The van der Waals surface area contributed by atoms with Gasteiger partial charge in [-0.3, -0.25) is 4.79 Å². The Bertz CT molecular complexity index is 598. The van der Waals surface area contributed by atoms with Gasteiger partial charge < -0.3 is 4.74 Å². The van der Waals surface area contributed by atoms with Gasteiger partial charge >= 0.3 is 5.97 Å². The molecule has 0 N–H and O–H groups in total. The van der Waals surface area contributed by atoms with Crippen LogP contribution in [-0.2, 0) is 19.6 Å². The van der Waals surface area contributed by atoms with Crippen LogP contribution in [0.5, 0.6) is 0 Å². The van der Waals surface area contributed by atoms with Crippen molar-refractivity contribution in [3.8, 4) is 0 Å². The minimum Gasteiger partial charge on any atom is -0.465 e. The van der Waals surface area contributed by atoms with E-state index in [1.807, 2.05) is 0 Å². The predicted molar refractivity (Wildman–Crippen MR) is 79.9 cm³/mol. The molecule has 0 spiro atoms. The topological polar surface area (TPSA) is 63.7 Å². The average molecular weight is 358 g/mol. The third kappa shape index (κ3) is 4.20. The van der Waals surface area contributed by atoms with E-state index in [0.717, 1.165) is 15.6 Å². The molecule has 0 amide bonds. The first-order valence-corrected chi connectivity index (χ1v) is 8.55. The molecule has 20 heavy (non-hydrogen) atoms. The van der Waals surface area contributed by atoms with Crippen molar-refractivity contribution in [2.45, 2.75) is 11.8 Å². The van der Waals surface area contributed by atoms with Crippen molar-refractivity contribution in [3.63, 3.8) is 0 Å². The van der Waals surface area contributed by atoms with Gasteiger partial charge in [0.25, 0.3) is 0 Å². The molecule has 0 atom stereocenters. The molecule has 1 aromatic heterocycles. The van der Waals surface area contributed by atoms with Gasteiger partial charge in [0.05, 0.1) is 10.9 Å². The Morgan fingerprint density at radius 1 is 1.55 bits per heavy atom. The van der Waals surface area contributed by atoms with E-state index < -0.39 is 22.5 Å². The molecule has 0 saturated carbocycles. The van der Waals surface area contributed by atoms with Crippen molar-refractivity contribution in [1.29, 1.82) is 0 Å². The van der Waals surface area contributed by atoms with Crippen LogP contribution < -0.4 is 0 Å². The molecule has 0 saturated heterocycles. The summed E-state index contributed by atoms with van der Waals surface area (Å²) in [6, 6.07) is 1.26. The van der Waals surface area contributed by atoms with Gasteiger partial charge in [-0.25, -0.2) is 8.42 Å². The molecule has 0 radical (unpaired) electrons. The molecule has 0 unspecified atom stereocenters. The number of nitrogens with zero attached hydrogens (tertiary/aromatic N) is 1. The van der Waals surface area contributed by atoms with E-state index in [4.69, 9.17) is 27.9 Å². The lowest BCUT2D eigenvalue weighted by molar-refractivity contribution is -0.143. The maximum Gasteiger partial charge on any atom is 0.321 e. The number of ether oxygens (including phenoxy) is 1. The Hall–Kier alpha value is -0.600. The molecular weight excluding hydrogens is 345 g/mol. The molecule has 0 fully saturated rings. The van der Waals surface area contributed by atoms with Crippen LogP contribution >= 0.6 is 34.5 Å². The van der Waals surface area contributed by atoms with Crippen LogP contribution in [0.1, 0.15) is 6.92 Å². The van der Waals surface area contributed by atoms with Crippen LogP contribution in [0, 0.1) is 0 Å². The summed E-state index contributed by atoms with van der Waals surface area (Å²) < 4.78 is 30.8. The van der Waals surface area contributed by atoms with Crippen LogP contribution in [0.4, 0.5) is 0 Å². The van der Waals surface area contributed by atoms with Crippen LogP contribution in [-0.4, -0.2) is 38.4 Å². The maximum atomic E-state index is 12.4. The standard InChI is InChI=1S/C11H13Cl2NO4S2/c1-3-5-14(7-10(15)18-4-2)20(16,17)8-6-9(12)19-11(8)13/h3,6H,1,4-5,7H2,2H3. The minimum absolute atomic E-state index is 0.0368. The second-order valence-electron chi connectivity index (χ2n) is 3.58. The molecule has 1 aromatic rings. The third-order valence-electron chi connectivity index (χ3n) is 2.19. The molecule has 0 aliphatic rings. The Labute approximate surface area is 131 Å². The molecule has 5 nitrogen and oxygen atoms in total. The fourth-order valence-electron chi connectivity index (χ4n) is 1.38. The number of thiophene rings is 1. The average Bonchev–Trinajstić information content (AvgIpc) is 2.69. The first-order chi connectivity index (χ1) is 9.32. The lowest BCUT2D eigenvalue weighted by atomic mass is 10.5. The van der Waals surface area contributed by atoms with Gasteiger partial charge in [-0.2, -0.15) is 4.31 Å². The molecule has 0 bridgehead atoms. The largest absolute Gasteiger partial charge is 0.465 e. The molecule has 9 heteroatoms. The van der Waals surface area contributed by atoms with E-state index in [2.05, 4.69) is 6.58 Å². The number of halogens is 2. The smallest absolute Gasteiger partial charge is 0.321 e. The molecule has 1 rings (SSSR count). The zero-order chi connectivity index (χ0) is 15.3. The zero-order valence-corrected chi connectivity index (χ0v) is 13.8. The Kier molecular flexibility index (Phi) is 6.47. The first-order valence-electron chi connectivity index (χ1n) is 5.54. The van der Waals surface area contributed by atoms with Crippen molar-refractivity contribution < 1.29 is 17.9 Å². The zero-order valence-electron chi connectivity index (χ0n) is 10.6. The second-order valence-corrected chi connectivity index (χ2v) is 7.77. The van der Waals surface area contributed by atoms with Crippen LogP contribution in [0.3, 0.4) is 0 Å². The summed E-state index contributed by atoms with van der Waals surface area (Å²) in [4.78, 5) is 11.4. The summed E-state index contributed by atoms with van der Waals surface area (Å²) in [7, 11) is -3.93. The molecular formula is C11H13Cl2NO4S2. The van der Waals surface area contributed by atoms with Crippen molar-refractivity contribution in [2.75, 3.05) is 19.7 Å². The molecule has 0 aliphatic heterocycles. The monoisotopic (exact) mass is 357 g/mol. The van der Waals surface area contributed by atoms with Crippen molar-refractivity contribution in [2.24, 2.45) is 0 Å². The van der Waals surface area contributed by atoms with E-state index in [9.17, 15) is 13.2 Å². The molecule has 0 aliphatic carbocycles. The van der Waals surface area contributed by atoms with E-state index in [1.165, 1.54) is 12.1 Å². The summed E-state index contributed by atoms with van der Waals surface area (Å²) >= 11 is 12.5. The molecule has 1 heterocycles. The highest BCUT2D eigenvalue weighted by molar-refractivity contribution is 7.89. The summed E-state index contributed by atoms with van der Waals surface area (Å²) in [6.07, 6.45) is 1.37. The van der Waals surface area contributed by atoms with Gasteiger partial charge in [-0.15, -0.1) is 17.9 Å². The number of sulfonamides is 1. The number of hydrogen-bond donors (Lipinski definition) is 0. The highest BCUT2D eigenvalue weighted by atomic mass is 35.5. The third-order valence-corrected chi connectivity index (χ3v) is 5.75. The lowest BCUT2D eigenvalue weighted by Crippen LogP contribution is -2.36. The first kappa shape index (κ1) is 17.5. The SMILES string of the molecule is C=CCN(CC(=O)OCC)S(=O)(=O)c1cc(Cl)sc1Cl. The van der Waals surface area contributed by atoms with Gasteiger partial charge in [0.15, 0.2) is 0 Å². The predicted octanol–water partition coefficient (Wildman–Crippen LogP) is 2.79. The van der Waals surface area contributed by atoms with Gasteiger partial charge in [-0.1, -0.05) is 29.3 Å². The highest BCUT2D eigenvalue weighted by Gasteiger charge is 2.29. The van der Waals surface area contributed by atoms with Gasteiger partial charge in [-0.05, 0) is 13.0 Å². The Morgan fingerprint density at radius 3 is 2.65 bits per heavy atom. The number of esters is 1. The van der Waals surface area contributed by atoms with Gasteiger partial charge in [0.1, 0.15) is 15.8 Å². The fourth-order valence-corrected chi connectivity index (χ4v) is 4.85. The summed E-state index contributed by atoms with van der Waals surface area (Å²) in [5.41, 5.74) is 0. The number of hydrogen-bond acceptors (Lipinski definition) is 5. The van der Waals surface area contributed by atoms with Gasteiger partial charge in [0.2, 0.25) is 10.0 Å². The Balaban J connectivity index is 3.09. The summed E-state index contributed by atoms with van der Waals surface area (Å²) in [5.74, 6) is -0.643. The number of rotatable bonds is 7. The minimum atomic E-state index is -3.93. The van der Waals surface area contributed by atoms with E-state index in [-0.39, 0.29) is 26.7 Å². The molecule has 0 aromatic carbocycles. The highest BCUT2D eigenvalue weighted by Crippen LogP contribution is 2.35. The fraction of sp³-hybridized carbons (Fsp3) is 0.364. The number of carbonyl (C=O) groups excluding carboxylic acids is 1. The normalized spacial score (nSPS) is 11.6. The van der Waals surface area contributed by atoms with Crippen LogP contribution in [0.2, 0.25) is 8.67 Å². The second kappa shape index (κ2) is 7.42. The lowest BCUT2D eigenvalue weighted by Gasteiger charge is -2.19. The van der Waals surface area contributed by atoms with Crippen molar-refractivity contribution >= 4 is 50.5 Å². The van der Waals surface area contributed by atoms with E-state index >= 15 is 0 Å². The van der Waals surface area contributed by atoms with E-state index in [0.29, 0.717) is 0 Å². The summed E-state index contributed by atoms with van der Waals surface area (Å²) in [5, 5.41) is 0. The number of carbonyl (C=O) groups is 1.